The summed E-state index contributed by atoms with van der Waals surface area (Å²) in [6.07, 6.45) is 1.97. The molecule has 3 heterocycles. The predicted octanol–water partition coefficient (Wildman–Crippen LogP) is -0.192. The molecule has 3 rings (SSSR count). The van der Waals surface area contributed by atoms with Gasteiger partial charge in [0.05, 0.1) is 7.11 Å². The molecule has 2 aromatic rings. The van der Waals surface area contributed by atoms with Gasteiger partial charge in [0.2, 0.25) is 11.8 Å². The van der Waals surface area contributed by atoms with Gasteiger partial charge in [-0.15, -0.1) is 0 Å². The number of aryl methyl sites for hydroxylation is 1. The molecule has 1 atom stereocenters. The van der Waals surface area contributed by atoms with Crippen molar-refractivity contribution in [3.63, 3.8) is 0 Å². The molecule has 1 aliphatic heterocycles. The summed E-state index contributed by atoms with van der Waals surface area (Å²) in [4.78, 5) is 34.1. The van der Waals surface area contributed by atoms with Crippen LogP contribution in [0.25, 0.3) is 0 Å². The van der Waals surface area contributed by atoms with Crippen LogP contribution >= 0.6 is 0 Å². The molecule has 0 spiro atoms. The fraction of sp³-hybridized carbons (Fsp3) is 0.471. The number of hydrogen-bond donors (Lipinski definition) is 2. The average molecular weight is 373 g/mol. The van der Waals surface area contributed by atoms with Gasteiger partial charge in [0.1, 0.15) is 11.5 Å². The largest absolute Gasteiger partial charge is 0.481 e. The van der Waals surface area contributed by atoms with Gasteiger partial charge in [0, 0.05) is 38.8 Å². The lowest BCUT2D eigenvalue weighted by atomic mass is 9.98. The second-order valence-corrected chi connectivity index (χ2v) is 6.47. The van der Waals surface area contributed by atoms with Crippen LogP contribution in [-0.4, -0.2) is 52.4 Å². The number of hydrogen-bond acceptors (Lipinski definition) is 8. The minimum Gasteiger partial charge on any atom is -0.481 e. The zero-order chi connectivity index (χ0) is 19.4. The molecular formula is C17H23N7O3. The normalized spacial score (nSPS) is 16.8. The second kappa shape index (κ2) is 8.02. The monoisotopic (exact) mass is 373 g/mol. The summed E-state index contributed by atoms with van der Waals surface area (Å²) >= 11 is 0. The molecule has 0 saturated carbocycles. The summed E-state index contributed by atoms with van der Waals surface area (Å²) in [5.41, 5.74) is 5.71. The van der Waals surface area contributed by atoms with Crippen molar-refractivity contribution >= 4 is 17.7 Å². The van der Waals surface area contributed by atoms with Gasteiger partial charge >= 0.3 is 0 Å². The molecule has 10 nitrogen and oxygen atoms in total. The summed E-state index contributed by atoms with van der Waals surface area (Å²) < 4.78 is 6.30. The Labute approximate surface area is 156 Å². The van der Waals surface area contributed by atoms with E-state index in [9.17, 15) is 9.59 Å². The van der Waals surface area contributed by atoms with Gasteiger partial charge in [-0.05, 0) is 24.8 Å². The van der Waals surface area contributed by atoms with Crippen molar-refractivity contribution in [2.75, 3.05) is 37.4 Å². The molecule has 2 aromatic heterocycles. The van der Waals surface area contributed by atoms with Gasteiger partial charge in [0.25, 0.3) is 11.5 Å². The predicted molar refractivity (Wildman–Crippen MR) is 99.7 cm³/mol. The molecule has 1 saturated heterocycles. The first kappa shape index (κ1) is 18.6. The van der Waals surface area contributed by atoms with E-state index in [-0.39, 0.29) is 29.0 Å². The number of anilines is 2. The molecule has 10 heteroatoms. The third-order valence-electron chi connectivity index (χ3n) is 4.50. The number of nitrogens with one attached hydrogen (secondary N) is 1. The van der Waals surface area contributed by atoms with E-state index in [0.717, 1.165) is 36.4 Å². The third kappa shape index (κ3) is 4.52. The van der Waals surface area contributed by atoms with E-state index < -0.39 is 0 Å². The molecule has 144 valence electrons. The first-order valence-corrected chi connectivity index (χ1v) is 8.72. The van der Waals surface area contributed by atoms with Crippen LogP contribution in [0.1, 0.15) is 23.3 Å². The first-order valence-electron chi connectivity index (χ1n) is 8.72. The number of aromatic nitrogens is 4. The zero-order valence-electron chi connectivity index (χ0n) is 15.4. The number of amides is 1. The van der Waals surface area contributed by atoms with E-state index in [0.29, 0.717) is 12.4 Å². The maximum absolute atomic E-state index is 12.3. The number of ether oxygens (including phenoxy) is 1. The highest BCUT2D eigenvalue weighted by Crippen LogP contribution is 2.24. The average Bonchev–Trinajstić information content (AvgIpc) is 2.68. The lowest BCUT2D eigenvalue weighted by Gasteiger charge is -2.33. The highest BCUT2D eigenvalue weighted by atomic mass is 16.5. The van der Waals surface area contributed by atoms with Crippen molar-refractivity contribution in [3.05, 3.63) is 34.2 Å². The SMILES string of the molecule is COc1cc(N2CCCC(CNC(=O)c3ccc(=O)n(C)n3)C2)nc(N)n1. The number of nitrogen functional groups attached to an aromatic ring is 1. The number of carbonyl (C=O) groups excluding carboxylic acids is 1. The van der Waals surface area contributed by atoms with Crippen molar-refractivity contribution in [2.24, 2.45) is 13.0 Å². The standard InChI is InChI=1S/C17H23N7O3/c1-23-15(25)6-5-12(22-23)16(26)19-9-11-4-3-7-24(10-11)13-8-14(27-2)21-17(18)20-13/h5-6,8,11H,3-4,7,9-10H2,1-2H3,(H,19,26)(H2,18,20,21). The molecule has 27 heavy (non-hydrogen) atoms. The lowest BCUT2D eigenvalue weighted by Crippen LogP contribution is -2.41. The zero-order valence-corrected chi connectivity index (χ0v) is 15.4. The smallest absolute Gasteiger partial charge is 0.271 e. The highest BCUT2D eigenvalue weighted by molar-refractivity contribution is 5.91. The Hall–Kier alpha value is -3.17. The molecule has 0 bridgehead atoms. The summed E-state index contributed by atoms with van der Waals surface area (Å²) in [5, 5.41) is 6.86. The maximum Gasteiger partial charge on any atom is 0.271 e. The van der Waals surface area contributed by atoms with Crippen molar-refractivity contribution in [3.8, 4) is 5.88 Å². The van der Waals surface area contributed by atoms with Gasteiger partial charge in [-0.3, -0.25) is 9.59 Å². The molecule has 1 unspecified atom stereocenters. The summed E-state index contributed by atoms with van der Waals surface area (Å²) in [6.45, 7) is 2.10. The van der Waals surface area contributed by atoms with Gasteiger partial charge in [-0.2, -0.15) is 15.1 Å². The first-order chi connectivity index (χ1) is 13.0. The molecule has 1 fully saturated rings. The molecule has 3 N–H and O–H groups in total. The van der Waals surface area contributed by atoms with E-state index >= 15 is 0 Å². The van der Waals surface area contributed by atoms with Crippen molar-refractivity contribution in [1.29, 1.82) is 0 Å². The number of piperidine rings is 1. The Morgan fingerprint density at radius 2 is 2.22 bits per heavy atom. The van der Waals surface area contributed by atoms with Crippen LogP contribution in [0.3, 0.4) is 0 Å². The summed E-state index contributed by atoms with van der Waals surface area (Å²) in [5.74, 6) is 1.28. The minimum absolute atomic E-state index is 0.167. The molecule has 1 amide bonds. The van der Waals surface area contributed by atoms with Crippen molar-refractivity contribution in [2.45, 2.75) is 12.8 Å². The number of nitrogens with zero attached hydrogens (tertiary/aromatic N) is 5. The highest BCUT2D eigenvalue weighted by Gasteiger charge is 2.23. The topological polar surface area (TPSA) is 128 Å². The van der Waals surface area contributed by atoms with Gasteiger partial charge in [-0.1, -0.05) is 0 Å². The number of nitrogens with two attached hydrogens (primary N) is 1. The molecule has 0 radical (unpaired) electrons. The Morgan fingerprint density at radius 1 is 1.41 bits per heavy atom. The second-order valence-electron chi connectivity index (χ2n) is 6.47. The maximum atomic E-state index is 12.3. The molecule has 1 aliphatic rings. The number of carbonyl (C=O) groups is 1. The van der Waals surface area contributed by atoms with E-state index in [1.807, 2.05) is 0 Å². The quantitative estimate of drug-likeness (QED) is 0.738. The van der Waals surface area contributed by atoms with Gasteiger partial charge in [0.15, 0.2) is 0 Å². The van der Waals surface area contributed by atoms with Crippen LogP contribution in [0.4, 0.5) is 11.8 Å². The molecule has 0 aromatic carbocycles. The van der Waals surface area contributed by atoms with Gasteiger partial charge < -0.3 is 20.7 Å². The van der Waals surface area contributed by atoms with E-state index in [1.165, 1.54) is 26.3 Å². The van der Waals surface area contributed by atoms with Crippen LogP contribution < -0.4 is 26.2 Å². The fourth-order valence-corrected chi connectivity index (χ4v) is 3.09. The van der Waals surface area contributed by atoms with E-state index in [4.69, 9.17) is 10.5 Å². The van der Waals surface area contributed by atoms with Crippen LogP contribution in [0.15, 0.2) is 23.0 Å². The Morgan fingerprint density at radius 3 is 2.96 bits per heavy atom. The Bertz CT molecular complexity index is 883. The summed E-state index contributed by atoms with van der Waals surface area (Å²) in [6, 6.07) is 4.52. The molecular weight excluding hydrogens is 350 g/mol. The minimum atomic E-state index is -0.296. The van der Waals surface area contributed by atoms with Crippen molar-refractivity contribution in [1.82, 2.24) is 25.1 Å². The van der Waals surface area contributed by atoms with Crippen LogP contribution in [-0.2, 0) is 7.05 Å². The lowest BCUT2D eigenvalue weighted by molar-refractivity contribution is 0.0938. The van der Waals surface area contributed by atoms with Crippen LogP contribution in [0.5, 0.6) is 5.88 Å². The molecule has 0 aliphatic carbocycles. The number of rotatable bonds is 5. The van der Waals surface area contributed by atoms with E-state index in [1.54, 1.807) is 6.07 Å². The summed E-state index contributed by atoms with van der Waals surface area (Å²) in [7, 11) is 3.05. The Kier molecular flexibility index (Phi) is 5.53. The number of methoxy groups -OCH3 is 1. The van der Waals surface area contributed by atoms with E-state index in [2.05, 4.69) is 25.3 Å². The Balaban J connectivity index is 1.61. The fourth-order valence-electron chi connectivity index (χ4n) is 3.09. The van der Waals surface area contributed by atoms with Crippen LogP contribution in [0.2, 0.25) is 0 Å². The van der Waals surface area contributed by atoms with Crippen molar-refractivity contribution < 1.29 is 9.53 Å². The van der Waals surface area contributed by atoms with Gasteiger partial charge in [-0.25, -0.2) is 4.68 Å². The van der Waals surface area contributed by atoms with Crippen LogP contribution in [0, 0.1) is 5.92 Å². The third-order valence-corrected chi connectivity index (χ3v) is 4.50.